The van der Waals surface area contributed by atoms with Crippen LogP contribution in [-0.4, -0.2) is 49.3 Å². The van der Waals surface area contributed by atoms with Crippen LogP contribution in [0.25, 0.3) is 0 Å². The highest BCUT2D eigenvalue weighted by Crippen LogP contribution is 2.34. The van der Waals surface area contributed by atoms with Crippen LogP contribution in [0.2, 0.25) is 0 Å². The third-order valence-electron chi connectivity index (χ3n) is 5.36. The minimum absolute atomic E-state index is 0.0765. The van der Waals surface area contributed by atoms with Gasteiger partial charge < -0.3 is 29.2 Å². The summed E-state index contributed by atoms with van der Waals surface area (Å²) in [6.45, 7) is 9.71. The minimum atomic E-state index is -0.721. The second-order valence-electron chi connectivity index (χ2n) is 8.11. The van der Waals surface area contributed by atoms with Gasteiger partial charge in [-0.3, -0.25) is 4.79 Å². The second-order valence-corrected chi connectivity index (χ2v) is 8.11. The van der Waals surface area contributed by atoms with Gasteiger partial charge in [0.1, 0.15) is 18.9 Å². The fourth-order valence-electron chi connectivity index (χ4n) is 3.77. The van der Waals surface area contributed by atoms with Gasteiger partial charge in [-0.05, 0) is 49.9 Å². The second kappa shape index (κ2) is 10.4. The highest BCUT2D eigenvalue weighted by molar-refractivity contribution is 5.99. The summed E-state index contributed by atoms with van der Waals surface area (Å²) in [4.78, 5) is 40.1. The van der Waals surface area contributed by atoms with E-state index in [9.17, 15) is 14.4 Å². The number of carbonyl (C=O) groups is 3. The van der Waals surface area contributed by atoms with Gasteiger partial charge in [-0.15, -0.1) is 0 Å². The summed E-state index contributed by atoms with van der Waals surface area (Å²) in [5.74, 6) is -0.288. The summed E-state index contributed by atoms with van der Waals surface area (Å²) < 4.78 is 21.4. The summed E-state index contributed by atoms with van der Waals surface area (Å²) in [5, 5.41) is 2.92. The molecule has 1 amide bonds. The molecule has 0 spiro atoms. The zero-order chi connectivity index (χ0) is 24.1. The molecule has 9 heteroatoms. The zero-order valence-corrected chi connectivity index (χ0v) is 19.6. The van der Waals surface area contributed by atoms with E-state index >= 15 is 0 Å². The lowest BCUT2D eigenvalue weighted by atomic mass is 9.95. The number of benzene rings is 1. The molecule has 3 rings (SSSR count). The van der Waals surface area contributed by atoms with Crippen molar-refractivity contribution in [2.45, 2.75) is 40.7 Å². The van der Waals surface area contributed by atoms with Crippen LogP contribution < -0.4 is 14.8 Å². The van der Waals surface area contributed by atoms with Crippen molar-refractivity contribution in [1.29, 1.82) is 0 Å². The Kier molecular flexibility index (Phi) is 7.63. The number of hydrogen-bond donors (Lipinski definition) is 2. The molecule has 1 unspecified atom stereocenters. The van der Waals surface area contributed by atoms with Crippen molar-refractivity contribution in [1.82, 2.24) is 10.3 Å². The smallest absolute Gasteiger partial charge is 0.355 e. The Morgan fingerprint density at radius 2 is 1.76 bits per heavy atom. The largest absolute Gasteiger partial charge is 0.486 e. The molecule has 2 heterocycles. The van der Waals surface area contributed by atoms with Crippen molar-refractivity contribution >= 4 is 17.8 Å². The monoisotopic (exact) mass is 458 g/mol. The number of ether oxygens (including phenoxy) is 4. The molecule has 1 aliphatic rings. The predicted molar refractivity (Wildman–Crippen MR) is 120 cm³/mol. The Morgan fingerprint density at radius 1 is 1.06 bits per heavy atom. The zero-order valence-electron chi connectivity index (χ0n) is 19.6. The Morgan fingerprint density at radius 3 is 2.42 bits per heavy atom. The molecule has 1 aromatic heterocycles. The van der Waals surface area contributed by atoms with E-state index in [-0.39, 0.29) is 24.3 Å². The van der Waals surface area contributed by atoms with Crippen molar-refractivity contribution in [3.05, 3.63) is 46.3 Å². The first-order valence-corrected chi connectivity index (χ1v) is 10.9. The van der Waals surface area contributed by atoms with E-state index in [1.807, 2.05) is 32.0 Å². The number of nitrogens with one attached hydrogen (secondary N) is 2. The van der Waals surface area contributed by atoms with E-state index in [2.05, 4.69) is 10.3 Å². The molecule has 1 aliphatic heterocycles. The van der Waals surface area contributed by atoms with Gasteiger partial charge in [-0.1, -0.05) is 19.9 Å². The van der Waals surface area contributed by atoms with Crippen LogP contribution in [0.5, 0.6) is 11.5 Å². The number of H-pyrrole nitrogens is 1. The first kappa shape index (κ1) is 24.2. The average Bonchev–Trinajstić information content (AvgIpc) is 3.09. The molecule has 1 atom stereocenters. The maximum Gasteiger partial charge on any atom is 0.355 e. The summed E-state index contributed by atoms with van der Waals surface area (Å²) in [6, 6.07) is 5.25. The molecule has 178 valence electrons. The Hall–Kier alpha value is -3.49. The average molecular weight is 459 g/mol. The molecule has 0 aliphatic carbocycles. The lowest BCUT2D eigenvalue weighted by molar-refractivity contribution is -0.125. The van der Waals surface area contributed by atoms with Crippen LogP contribution in [-0.2, 0) is 14.3 Å². The van der Waals surface area contributed by atoms with E-state index in [0.717, 1.165) is 5.56 Å². The van der Waals surface area contributed by atoms with Gasteiger partial charge in [0, 0.05) is 5.69 Å². The number of aryl methyl sites for hydroxylation is 1. The van der Waals surface area contributed by atoms with Crippen molar-refractivity contribution < 1.29 is 33.3 Å². The molecule has 2 aromatic rings. The molecule has 33 heavy (non-hydrogen) atoms. The third-order valence-corrected chi connectivity index (χ3v) is 5.36. The number of hydrogen-bond acceptors (Lipinski definition) is 7. The van der Waals surface area contributed by atoms with Crippen LogP contribution in [0.15, 0.2) is 18.2 Å². The van der Waals surface area contributed by atoms with E-state index in [0.29, 0.717) is 41.5 Å². The first-order chi connectivity index (χ1) is 15.7. The highest BCUT2D eigenvalue weighted by atomic mass is 16.6. The van der Waals surface area contributed by atoms with E-state index in [1.165, 1.54) is 0 Å². The molecule has 9 nitrogen and oxygen atoms in total. The number of aromatic nitrogens is 1. The predicted octanol–water partition coefficient (Wildman–Crippen LogP) is 3.25. The maximum atomic E-state index is 12.6. The summed E-state index contributed by atoms with van der Waals surface area (Å²) in [5.41, 5.74) is 2.21. The SMILES string of the molecule is CCOC(=O)c1c(C)[nH]c(C(=O)OCC(=O)NC(c2ccc3c(c2)OCCO3)C(C)C)c1C. The molecule has 0 bridgehead atoms. The van der Waals surface area contributed by atoms with Gasteiger partial charge in [0.2, 0.25) is 0 Å². The Balaban J connectivity index is 1.65. The van der Waals surface area contributed by atoms with Crippen molar-refractivity contribution in [3.8, 4) is 11.5 Å². The van der Waals surface area contributed by atoms with Crippen LogP contribution in [0.3, 0.4) is 0 Å². The normalized spacial score (nSPS) is 13.4. The van der Waals surface area contributed by atoms with Gasteiger partial charge >= 0.3 is 11.9 Å². The third kappa shape index (κ3) is 5.47. The van der Waals surface area contributed by atoms with Crippen molar-refractivity contribution in [2.24, 2.45) is 5.92 Å². The fourth-order valence-corrected chi connectivity index (χ4v) is 3.77. The molecule has 0 radical (unpaired) electrons. The minimum Gasteiger partial charge on any atom is -0.486 e. The van der Waals surface area contributed by atoms with Crippen LogP contribution in [0.4, 0.5) is 0 Å². The standard InChI is InChI=1S/C24H30N2O7/c1-6-30-23(28)20-14(4)22(25-15(20)5)24(29)33-12-19(27)26-21(13(2)3)16-7-8-17-18(11-16)32-10-9-31-17/h7-8,11,13,21,25H,6,9-10,12H2,1-5H3,(H,26,27). The number of carbonyl (C=O) groups excluding carboxylic acids is 3. The summed E-state index contributed by atoms with van der Waals surface area (Å²) >= 11 is 0. The highest BCUT2D eigenvalue weighted by Gasteiger charge is 2.25. The topological polar surface area (TPSA) is 116 Å². The Bertz CT molecular complexity index is 1040. The molecule has 2 N–H and O–H groups in total. The van der Waals surface area contributed by atoms with Crippen LogP contribution in [0.1, 0.15) is 64.5 Å². The fraction of sp³-hybridized carbons (Fsp3) is 0.458. The van der Waals surface area contributed by atoms with Gasteiger partial charge in [-0.25, -0.2) is 9.59 Å². The van der Waals surface area contributed by atoms with E-state index in [4.69, 9.17) is 18.9 Å². The van der Waals surface area contributed by atoms with Gasteiger partial charge in [0.25, 0.3) is 5.91 Å². The van der Waals surface area contributed by atoms with Gasteiger partial charge in [-0.2, -0.15) is 0 Å². The van der Waals surface area contributed by atoms with E-state index < -0.39 is 24.5 Å². The number of esters is 2. The first-order valence-electron chi connectivity index (χ1n) is 10.9. The molecular weight excluding hydrogens is 428 g/mol. The number of amides is 1. The number of aromatic amines is 1. The lowest BCUT2D eigenvalue weighted by Gasteiger charge is -2.25. The van der Waals surface area contributed by atoms with Crippen LogP contribution in [0, 0.1) is 19.8 Å². The summed E-state index contributed by atoms with van der Waals surface area (Å²) in [7, 11) is 0. The molecule has 0 saturated carbocycles. The van der Waals surface area contributed by atoms with Gasteiger partial charge in [0.05, 0.1) is 18.2 Å². The lowest BCUT2D eigenvalue weighted by Crippen LogP contribution is -2.35. The summed E-state index contributed by atoms with van der Waals surface area (Å²) in [6.07, 6.45) is 0. The quantitative estimate of drug-likeness (QED) is 0.583. The molecule has 0 fully saturated rings. The molecule has 0 saturated heterocycles. The van der Waals surface area contributed by atoms with Crippen molar-refractivity contribution in [2.75, 3.05) is 26.4 Å². The number of rotatable bonds is 8. The van der Waals surface area contributed by atoms with Crippen molar-refractivity contribution in [3.63, 3.8) is 0 Å². The maximum absolute atomic E-state index is 12.6. The molecule has 1 aromatic carbocycles. The van der Waals surface area contributed by atoms with Gasteiger partial charge in [0.15, 0.2) is 18.1 Å². The van der Waals surface area contributed by atoms with E-state index in [1.54, 1.807) is 20.8 Å². The number of fused-ring (bicyclic) bond motifs is 1. The van der Waals surface area contributed by atoms with Crippen LogP contribution >= 0.6 is 0 Å². The molecular formula is C24H30N2O7. The Labute approximate surface area is 192 Å².